The standard InChI is InChI=1S/C26H30N4O4/c1-29(2)11-5-10-27-19-16-20(30-12-8-26(9-13-30)32-14-15-33-26)23-22-21(19)24(31)17-6-3-4-7-18(17)25(22)34-28-23/h3-4,6-7,16,27H,5,8-15H2,1-2H3. The van der Waals surface area contributed by atoms with Crippen LogP contribution in [-0.2, 0) is 9.47 Å². The molecule has 2 saturated heterocycles. The fourth-order valence-electron chi connectivity index (χ4n) is 5.42. The van der Waals surface area contributed by atoms with Crippen molar-refractivity contribution in [2.75, 3.05) is 63.7 Å². The van der Waals surface area contributed by atoms with Gasteiger partial charge in [-0.15, -0.1) is 0 Å². The number of ketones is 1. The van der Waals surface area contributed by atoms with Gasteiger partial charge in [-0.2, -0.15) is 0 Å². The molecule has 8 heteroatoms. The second-order valence-corrected chi connectivity index (χ2v) is 9.61. The molecule has 34 heavy (non-hydrogen) atoms. The average molecular weight is 463 g/mol. The Morgan fingerprint density at radius 2 is 1.85 bits per heavy atom. The Bertz CT molecular complexity index is 1240. The smallest absolute Gasteiger partial charge is 0.196 e. The van der Waals surface area contributed by atoms with E-state index in [4.69, 9.17) is 14.0 Å². The van der Waals surface area contributed by atoms with Crippen molar-refractivity contribution in [1.29, 1.82) is 0 Å². The minimum Gasteiger partial charge on any atom is -0.384 e. The van der Waals surface area contributed by atoms with Crippen molar-refractivity contribution in [2.24, 2.45) is 0 Å². The van der Waals surface area contributed by atoms with Crippen LogP contribution in [0, 0.1) is 0 Å². The zero-order chi connectivity index (χ0) is 23.3. The van der Waals surface area contributed by atoms with Crippen molar-refractivity contribution < 1.29 is 18.8 Å². The minimum atomic E-state index is -0.446. The number of ether oxygens (including phenoxy) is 2. The monoisotopic (exact) mass is 462 g/mol. The molecule has 0 bridgehead atoms. The van der Waals surface area contributed by atoms with Crippen molar-refractivity contribution in [3.8, 4) is 11.3 Å². The van der Waals surface area contributed by atoms with Crippen LogP contribution in [0.15, 0.2) is 34.9 Å². The number of carbonyl (C=O) groups is 1. The molecule has 6 rings (SSSR count). The molecule has 3 heterocycles. The van der Waals surface area contributed by atoms with Crippen LogP contribution >= 0.6 is 0 Å². The summed E-state index contributed by atoms with van der Waals surface area (Å²) in [7, 11) is 4.14. The molecule has 8 nitrogen and oxygen atoms in total. The summed E-state index contributed by atoms with van der Waals surface area (Å²) in [6.07, 6.45) is 2.57. The van der Waals surface area contributed by atoms with Crippen LogP contribution in [0.5, 0.6) is 0 Å². The number of piperidine rings is 1. The first-order chi connectivity index (χ1) is 16.6. The van der Waals surface area contributed by atoms with E-state index < -0.39 is 5.79 Å². The Morgan fingerprint density at radius 3 is 2.59 bits per heavy atom. The van der Waals surface area contributed by atoms with Gasteiger partial charge in [0.05, 0.1) is 29.9 Å². The van der Waals surface area contributed by atoms with Gasteiger partial charge >= 0.3 is 0 Å². The largest absolute Gasteiger partial charge is 0.384 e. The van der Waals surface area contributed by atoms with Crippen molar-refractivity contribution in [1.82, 2.24) is 10.1 Å². The summed E-state index contributed by atoms with van der Waals surface area (Å²) in [6, 6.07) is 9.71. The topological polar surface area (TPSA) is 80.1 Å². The van der Waals surface area contributed by atoms with Gasteiger partial charge in [0.2, 0.25) is 0 Å². The van der Waals surface area contributed by atoms with E-state index >= 15 is 0 Å². The second kappa shape index (κ2) is 8.37. The number of carbonyl (C=O) groups excluding carboxylic acids is 1. The molecule has 2 aliphatic heterocycles. The maximum absolute atomic E-state index is 13.6. The number of rotatable bonds is 6. The SMILES string of the molecule is CN(C)CCCNc1cc(N2CCC3(CC2)OCCO3)c2noc3c2c1C(=O)c1ccccc1-3. The summed E-state index contributed by atoms with van der Waals surface area (Å²) in [5, 5.41) is 8.85. The first-order valence-electron chi connectivity index (χ1n) is 12.1. The van der Waals surface area contributed by atoms with E-state index in [1.807, 2.05) is 24.3 Å². The third kappa shape index (κ3) is 3.48. The molecule has 2 aromatic carbocycles. The van der Waals surface area contributed by atoms with E-state index in [1.165, 1.54) is 0 Å². The fraction of sp³-hybridized carbons (Fsp3) is 0.462. The summed E-state index contributed by atoms with van der Waals surface area (Å²) in [6.45, 7) is 4.65. The molecule has 1 spiro atoms. The van der Waals surface area contributed by atoms with Gasteiger partial charge in [0.1, 0.15) is 5.52 Å². The highest BCUT2D eigenvalue weighted by molar-refractivity contribution is 6.28. The van der Waals surface area contributed by atoms with E-state index in [0.29, 0.717) is 30.1 Å². The van der Waals surface area contributed by atoms with Crippen LogP contribution < -0.4 is 10.2 Å². The van der Waals surface area contributed by atoms with Crippen molar-refractivity contribution in [3.05, 3.63) is 41.5 Å². The van der Waals surface area contributed by atoms with Crippen LogP contribution in [0.25, 0.3) is 22.2 Å². The minimum absolute atomic E-state index is 0.0170. The van der Waals surface area contributed by atoms with Crippen LogP contribution in [0.2, 0.25) is 0 Å². The van der Waals surface area contributed by atoms with Crippen LogP contribution in [0.1, 0.15) is 35.2 Å². The quantitative estimate of drug-likeness (QED) is 0.434. The summed E-state index contributed by atoms with van der Waals surface area (Å²) < 4.78 is 17.7. The number of nitrogens with zero attached hydrogens (tertiary/aromatic N) is 3. The summed E-state index contributed by atoms with van der Waals surface area (Å²) in [4.78, 5) is 18.1. The van der Waals surface area contributed by atoms with Gasteiger partial charge in [-0.3, -0.25) is 4.79 Å². The molecule has 0 saturated carbocycles. The zero-order valence-corrected chi connectivity index (χ0v) is 19.7. The lowest BCUT2D eigenvalue weighted by Crippen LogP contribution is -2.45. The van der Waals surface area contributed by atoms with Gasteiger partial charge in [0.25, 0.3) is 0 Å². The molecular weight excluding hydrogens is 432 g/mol. The molecule has 0 unspecified atom stereocenters. The summed E-state index contributed by atoms with van der Waals surface area (Å²) in [5.41, 5.74) is 4.71. The molecule has 0 atom stereocenters. The number of hydrogen-bond donors (Lipinski definition) is 1. The number of fused-ring (bicyclic) bond motifs is 2. The fourth-order valence-corrected chi connectivity index (χ4v) is 5.42. The van der Waals surface area contributed by atoms with Crippen LogP contribution in [-0.4, -0.2) is 75.1 Å². The number of hydrogen-bond acceptors (Lipinski definition) is 8. The molecule has 1 aromatic heterocycles. The first-order valence-corrected chi connectivity index (χ1v) is 12.1. The predicted molar refractivity (Wildman–Crippen MR) is 131 cm³/mol. The van der Waals surface area contributed by atoms with Gasteiger partial charge in [0.15, 0.2) is 17.3 Å². The normalized spacial score (nSPS) is 18.8. The molecule has 3 aromatic rings. The predicted octanol–water partition coefficient (Wildman–Crippen LogP) is 3.75. The average Bonchev–Trinajstić information content (AvgIpc) is 3.49. The third-order valence-corrected chi connectivity index (χ3v) is 7.16. The van der Waals surface area contributed by atoms with Crippen molar-refractivity contribution in [2.45, 2.75) is 25.0 Å². The highest BCUT2D eigenvalue weighted by atomic mass is 16.7. The van der Waals surface area contributed by atoms with E-state index in [-0.39, 0.29) is 5.78 Å². The van der Waals surface area contributed by atoms with Crippen LogP contribution in [0.3, 0.4) is 0 Å². The molecule has 1 aliphatic carbocycles. The molecule has 3 aliphatic rings. The molecule has 0 radical (unpaired) electrons. The Hall–Kier alpha value is -2.94. The van der Waals surface area contributed by atoms with Gasteiger partial charge < -0.3 is 29.1 Å². The molecule has 178 valence electrons. The summed E-state index contributed by atoms with van der Waals surface area (Å²) in [5.74, 6) is 0.246. The van der Waals surface area contributed by atoms with Crippen LogP contribution in [0.4, 0.5) is 11.4 Å². The Labute approximate surface area is 198 Å². The molecule has 1 N–H and O–H groups in total. The van der Waals surface area contributed by atoms with Crippen molar-refractivity contribution >= 4 is 28.1 Å². The van der Waals surface area contributed by atoms with E-state index in [1.54, 1.807) is 0 Å². The zero-order valence-electron chi connectivity index (χ0n) is 19.7. The van der Waals surface area contributed by atoms with E-state index in [0.717, 1.165) is 73.3 Å². The van der Waals surface area contributed by atoms with E-state index in [2.05, 4.69) is 40.4 Å². The maximum Gasteiger partial charge on any atom is 0.196 e. The second-order valence-electron chi connectivity index (χ2n) is 9.61. The van der Waals surface area contributed by atoms with Gasteiger partial charge in [-0.25, -0.2) is 0 Å². The lowest BCUT2D eigenvalue weighted by Gasteiger charge is -2.39. The van der Waals surface area contributed by atoms with E-state index in [9.17, 15) is 4.79 Å². The Morgan fingerprint density at radius 1 is 1.12 bits per heavy atom. The Balaban J connectivity index is 1.42. The maximum atomic E-state index is 13.6. The van der Waals surface area contributed by atoms with Gasteiger partial charge in [0, 0.05) is 49.3 Å². The summed E-state index contributed by atoms with van der Waals surface area (Å²) >= 11 is 0. The number of benzene rings is 2. The number of nitrogens with one attached hydrogen (secondary N) is 1. The molecular formula is C26H30N4O4. The van der Waals surface area contributed by atoms with Gasteiger partial charge in [-0.05, 0) is 33.1 Å². The molecule has 2 fully saturated rings. The highest BCUT2D eigenvalue weighted by Gasteiger charge is 2.41. The molecule has 0 amide bonds. The number of aromatic nitrogens is 1. The third-order valence-electron chi connectivity index (χ3n) is 7.16. The lowest BCUT2D eigenvalue weighted by molar-refractivity contribution is -0.169. The Kier molecular flexibility index (Phi) is 5.32. The highest BCUT2D eigenvalue weighted by Crippen LogP contribution is 2.46. The lowest BCUT2D eigenvalue weighted by atomic mass is 9.86. The number of anilines is 2. The first kappa shape index (κ1) is 21.6. The van der Waals surface area contributed by atoms with Gasteiger partial charge in [-0.1, -0.05) is 29.4 Å². The van der Waals surface area contributed by atoms with Crippen molar-refractivity contribution in [3.63, 3.8) is 0 Å².